The number of aliphatic hydroxyl groups excluding tert-OH is 1. The number of aliphatic hydroxyl groups is 1. The van der Waals surface area contributed by atoms with Crippen LogP contribution in [0.2, 0.25) is 0 Å². The standard InChI is InChI=1S/C13H18BrNOS/c1-10(16)11-3-4-13(12(14)9-11)15-5-2-7-17-8-6-15/h3-4,9-10,16H,2,5-8H2,1H3/t10-/m0/s1. The molecule has 1 aliphatic heterocycles. The average Bonchev–Trinajstić information content (AvgIpc) is 2.57. The molecular formula is C13H18BrNOS. The Hall–Kier alpha value is -0.190. The molecule has 1 aliphatic rings. The van der Waals surface area contributed by atoms with Crippen molar-refractivity contribution < 1.29 is 5.11 Å². The van der Waals surface area contributed by atoms with E-state index >= 15 is 0 Å². The second-order valence-corrected chi connectivity index (χ2v) is 6.42. The lowest BCUT2D eigenvalue weighted by atomic mass is 10.1. The maximum absolute atomic E-state index is 9.56. The molecule has 0 unspecified atom stereocenters. The van der Waals surface area contributed by atoms with Crippen LogP contribution in [0.25, 0.3) is 0 Å². The molecule has 94 valence electrons. The van der Waals surface area contributed by atoms with Gasteiger partial charge in [-0.25, -0.2) is 0 Å². The predicted molar refractivity (Wildman–Crippen MR) is 78.9 cm³/mol. The van der Waals surface area contributed by atoms with Gasteiger partial charge in [-0.05, 0) is 52.7 Å². The Balaban J connectivity index is 2.19. The Kier molecular flexibility index (Phi) is 4.77. The van der Waals surface area contributed by atoms with Gasteiger partial charge in [0.15, 0.2) is 0 Å². The van der Waals surface area contributed by atoms with E-state index in [2.05, 4.69) is 26.9 Å². The second kappa shape index (κ2) is 6.12. The van der Waals surface area contributed by atoms with Crippen LogP contribution in [0.15, 0.2) is 22.7 Å². The van der Waals surface area contributed by atoms with E-state index in [0.717, 1.165) is 23.1 Å². The summed E-state index contributed by atoms with van der Waals surface area (Å²) in [5, 5.41) is 9.56. The second-order valence-electron chi connectivity index (χ2n) is 4.34. The number of hydrogen-bond acceptors (Lipinski definition) is 3. The zero-order valence-electron chi connectivity index (χ0n) is 10.0. The highest BCUT2D eigenvalue weighted by molar-refractivity contribution is 9.10. The summed E-state index contributed by atoms with van der Waals surface area (Å²) in [5.74, 6) is 2.46. The number of rotatable bonds is 2. The molecular weight excluding hydrogens is 298 g/mol. The first-order chi connectivity index (χ1) is 8.18. The van der Waals surface area contributed by atoms with Gasteiger partial charge in [0.25, 0.3) is 0 Å². The fourth-order valence-corrected chi connectivity index (χ4v) is 3.56. The zero-order chi connectivity index (χ0) is 12.3. The first-order valence-electron chi connectivity index (χ1n) is 5.98. The Morgan fingerprint density at radius 3 is 2.88 bits per heavy atom. The van der Waals surface area contributed by atoms with Crippen LogP contribution < -0.4 is 4.90 Å². The van der Waals surface area contributed by atoms with Gasteiger partial charge in [-0.3, -0.25) is 0 Å². The lowest BCUT2D eigenvalue weighted by molar-refractivity contribution is 0.199. The Morgan fingerprint density at radius 2 is 2.18 bits per heavy atom. The van der Waals surface area contributed by atoms with Gasteiger partial charge in [0.1, 0.15) is 0 Å². The minimum Gasteiger partial charge on any atom is -0.389 e. The average molecular weight is 316 g/mol. The van der Waals surface area contributed by atoms with Crippen molar-refractivity contribution >= 4 is 33.4 Å². The van der Waals surface area contributed by atoms with Crippen LogP contribution in [0.4, 0.5) is 5.69 Å². The van der Waals surface area contributed by atoms with E-state index in [9.17, 15) is 5.11 Å². The van der Waals surface area contributed by atoms with Gasteiger partial charge in [0.05, 0.1) is 11.8 Å². The minimum atomic E-state index is -0.403. The fraction of sp³-hybridized carbons (Fsp3) is 0.538. The van der Waals surface area contributed by atoms with E-state index in [1.807, 2.05) is 23.9 Å². The van der Waals surface area contributed by atoms with E-state index in [1.54, 1.807) is 6.92 Å². The van der Waals surface area contributed by atoms with Crippen LogP contribution in [-0.2, 0) is 0 Å². The normalized spacial score (nSPS) is 18.9. The summed E-state index contributed by atoms with van der Waals surface area (Å²) in [4.78, 5) is 2.43. The molecule has 17 heavy (non-hydrogen) atoms. The van der Waals surface area contributed by atoms with Crippen LogP contribution in [0.5, 0.6) is 0 Å². The van der Waals surface area contributed by atoms with Gasteiger partial charge in [-0.1, -0.05) is 6.07 Å². The molecule has 2 nitrogen and oxygen atoms in total. The monoisotopic (exact) mass is 315 g/mol. The molecule has 4 heteroatoms. The van der Waals surface area contributed by atoms with Gasteiger partial charge in [-0.15, -0.1) is 0 Å². The summed E-state index contributed by atoms with van der Waals surface area (Å²) in [5.41, 5.74) is 2.21. The van der Waals surface area contributed by atoms with Gasteiger partial charge < -0.3 is 10.0 Å². The molecule has 0 radical (unpaired) electrons. The highest BCUT2D eigenvalue weighted by Gasteiger charge is 2.13. The molecule has 0 saturated carbocycles. The number of nitrogens with zero attached hydrogens (tertiary/aromatic N) is 1. The number of halogens is 1. The van der Waals surface area contributed by atoms with Crippen LogP contribution >= 0.6 is 27.7 Å². The van der Waals surface area contributed by atoms with Crippen molar-refractivity contribution in [1.82, 2.24) is 0 Å². The van der Waals surface area contributed by atoms with E-state index in [4.69, 9.17) is 0 Å². The molecule has 1 aromatic carbocycles. The van der Waals surface area contributed by atoms with Crippen LogP contribution in [0.3, 0.4) is 0 Å². The van der Waals surface area contributed by atoms with E-state index < -0.39 is 6.10 Å². The summed E-state index contributed by atoms with van der Waals surface area (Å²) in [6.07, 6.45) is 0.843. The molecule has 0 aromatic heterocycles. The SMILES string of the molecule is C[C@H](O)c1ccc(N2CCCSCC2)c(Br)c1. The summed E-state index contributed by atoms with van der Waals surface area (Å²) in [6.45, 7) is 4.03. The van der Waals surface area contributed by atoms with Gasteiger partial charge >= 0.3 is 0 Å². The third-order valence-corrected chi connectivity index (χ3v) is 4.70. The highest BCUT2D eigenvalue weighted by atomic mass is 79.9. The molecule has 1 N–H and O–H groups in total. The van der Waals surface area contributed by atoms with Crippen LogP contribution in [0.1, 0.15) is 25.0 Å². The van der Waals surface area contributed by atoms with Crippen LogP contribution in [0, 0.1) is 0 Å². The summed E-state index contributed by atoms with van der Waals surface area (Å²) in [6, 6.07) is 6.16. The Labute approximate surface area is 116 Å². The van der Waals surface area contributed by atoms with Crippen molar-refractivity contribution in [3.8, 4) is 0 Å². The summed E-state index contributed by atoms with van der Waals surface area (Å²) in [7, 11) is 0. The fourth-order valence-electron chi connectivity index (χ4n) is 2.03. The number of thioether (sulfide) groups is 1. The number of benzene rings is 1. The van der Waals surface area contributed by atoms with Gasteiger partial charge in [-0.2, -0.15) is 11.8 Å². The third-order valence-electron chi connectivity index (χ3n) is 3.02. The van der Waals surface area contributed by atoms with Crippen molar-refractivity contribution in [3.63, 3.8) is 0 Å². The predicted octanol–water partition coefficient (Wildman–Crippen LogP) is 3.45. The van der Waals surface area contributed by atoms with Gasteiger partial charge in [0.2, 0.25) is 0 Å². The van der Waals surface area contributed by atoms with Crippen LogP contribution in [-0.4, -0.2) is 29.7 Å². The third kappa shape index (κ3) is 3.39. The molecule has 1 fully saturated rings. The molecule has 0 bridgehead atoms. The molecule has 0 aliphatic carbocycles. The lowest BCUT2D eigenvalue weighted by Gasteiger charge is -2.24. The highest BCUT2D eigenvalue weighted by Crippen LogP contribution is 2.30. The lowest BCUT2D eigenvalue weighted by Crippen LogP contribution is -2.25. The molecule has 1 heterocycles. The topological polar surface area (TPSA) is 23.5 Å². The largest absolute Gasteiger partial charge is 0.389 e. The number of hydrogen-bond donors (Lipinski definition) is 1. The quantitative estimate of drug-likeness (QED) is 0.904. The Morgan fingerprint density at radius 1 is 1.35 bits per heavy atom. The van der Waals surface area contributed by atoms with Gasteiger partial charge in [0, 0.05) is 23.3 Å². The Bertz CT molecular complexity index is 376. The molecule has 2 rings (SSSR count). The van der Waals surface area contributed by atoms with E-state index in [-0.39, 0.29) is 0 Å². The van der Waals surface area contributed by atoms with E-state index in [0.29, 0.717) is 0 Å². The zero-order valence-corrected chi connectivity index (χ0v) is 12.4. The van der Waals surface area contributed by atoms with Crippen molar-refractivity contribution in [2.24, 2.45) is 0 Å². The van der Waals surface area contributed by atoms with E-state index in [1.165, 1.54) is 23.6 Å². The van der Waals surface area contributed by atoms with Crippen molar-refractivity contribution in [2.75, 3.05) is 29.5 Å². The molecule has 1 aromatic rings. The molecule has 0 spiro atoms. The smallest absolute Gasteiger partial charge is 0.0762 e. The molecule has 1 atom stereocenters. The minimum absolute atomic E-state index is 0.403. The molecule has 1 saturated heterocycles. The number of anilines is 1. The van der Waals surface area contributed by atoms with Crippen molar-refractivity contribution in [1.29, 1.82) is 0 Å². The molecule has 0 amide bonds. The first kappa shape index (κ1) is 13.2. The van der Waals surface area contributed by atoms with Crippen molar-refractivity contribution in [3.05, 3.63) is 28.2 Å². The van der Waals surface area contributed by atoms with Crippen molar-refractivity contribution in [2.45, 2.75) is 19.4 Å². The summed E-state index contributed by atoms with van der Waals surface area (Å²) < 4.78 is 1.09. The maximum atomic E-state index is 9.56. The summed E-state index contributed by atoms with van der Waals surface area (Å²) >= 11 is 5.65. The first-order valence-corrected chi connectivity index (χ1v) is 7.93. The maximum Gasteiger partial charge on any atom is 0.0762 e.